The Hall–Kier alpha value is 0.307. The monoisotopic (exact) mass is 384 g/mol. The third-order valence-corrected chi connectivity index (χ3v) is 5.53. The molecule has 4 nitrogen and oxygen atoms in total. The molecule has 1 heterocycles. The van der Waals surface area contributed by atoms with Gasteiger partial charge < -0.3 is 9.84 Å². The molecule has 0 bridgehead atoms. The molecule has 1 rings (SSSR count). The zero-order valence-electron chi connectivity index (χ0n) is 10.3. The molecule has 0 saturated heterocycles. The van der Waals surface area contributed by atoms with Crippen LogP contribution < -0.4 is 0 Å². The predicted octanol–water partition coefficient (Wildman–Crippen LogP) is 3.21. The average molecular weight is 386 g/mol. The second-order valence-electron chi connectivity index (χ2n) is 5.07. The maximum absolute atomic E-state index is 9.14. The summed E-state index contributed by atoms with van der Waals surface area (Å²) in [5.74, 6) is 0. The van der Waals surface area contributed by atoms with Crippen LogP contribution in [0.15, 0.2) is 9.21 Å². The molecule has 0 saturated carbocycles. The van der Waals surface area contributed by atoms with Crippen molar-refractivity contribution in [3.05, 3.63) is 14.8 Å². The Morgan fingerprint density at radius 2 is 2.00 bits per heavy atom. The van der Waals surface area contributed by atoms with Crippen molar-refractivity contribution in [2.75, 3.05) is 6.61 Å². The van der Waals surface area contributed by atoms with E-state index in [1.807, 2.05) is 0 Å². The van der Waals surface area contributed by atoms with Crippen LogP contribution in [0.5, 0.6) is 0 Å². The van der Waals surface area contributed by atoms with Gasteiger partial charge in [-0.2, -0.15) is 5.10 Å². The Balaban J connectivity index is 2.47. The van der Waals surface area contributed by atoms with E-state index in [-0.39, 0.29) is 6.61 Å². The Morgan fingerprint density at radius 1 is 1.35 bits per heavy atom. The fourth-order valence-electron chi connectivity index (χ4n) is 1.20. The highest BCUT2D eigenvalue weighted by Crippen LogP contribution is 2.24. The number of rotatable bonds is 6. The number of hydrogen-bond donors (Lipinski definition) is 1. The molecule has 0 aliphatic rings. The smallest absolute Gasteiger partial charge is 0.140 e. The number of ether oxygens (including phenoxy) is 1. The molecule has 1 aromatic heterocycles. The van der Waals surface area contributed by atoms with Gasteiger partial charge in [0.2, 0.25) is 0 Å². The lowest BCUT2D eigenvalue weighted by Crippen LogP contribution is -2.22. The summed E-state index contributed by atoms with van der Waals surface area (Å²) in [5.41, 5.74) is 0.749. The molecule has 7 heteroatoms. The summed E-state index contributed by atoms with van der Waals surface area (Å²) in [6, 6.07) is 1.14. The van der Waals surface area contributed by atoms with Gasteiger partial charge in [-0.1, -0.05) is 19.6 Å². The molecule has 0 radical (unpaired) electrons. The first-order valence-electron chi connectivity index (χ1n) is 5.44. The van der Waals surface area contributed by atoms with Gasteiger partial charge in [-0.3, -0.25) is 0 Å². The summed E-state index contributed by atoms with van der Waals surface area (Å²) >= 11 is 6.69. The molecular weight excluding hydrogens is 368 g/mol. The summed E-state index contributed by atoms with van der Waals surface area (Å²) in [5, 5.41) is 13.4. The Bertz CT molecular complexity index is 377. The third kappa shape index (κ3) is 4.82. The van der Waals surface area contributed by atoms with Crippen LogP contribution in [0.2, 0.25) is 25.7 Å². The van der Waals surface area contributed by atoms with Crippen molar-refractivity contribution in [3.63, 3.8) is 0 Å². The number of aliphatic hydroxyl groups is 1. The molecule has 0 fully saturated rings. The van der Waals surface area contributed by atoms with E-state index < -0.39 is 8.07 Å². The van der Waals surface area contributed by atoms with E-state index in [1.165, 1.54) is 0 Å². The zero-order valence-corrected chi connectivity index (χ0v) is 14.5. The molecule has 1 N–H and O–H groups in total. The molecule has 0 aromatic carbocycles. The highest BCUT2D eigenvalue weighted by Gasteiger charge is 2.14. The lowest BCUT2D eigenvalue weighted by Gasteiger charge is -2.15. The van der Waals surface area contributed by atoms with Crippen molar-refractivity contribution < 1.29 is 9.84 Å². The summed E-state index contributed by atoms with van der Waals surface area (Å²) in [4.78, 5) is 0. The van der Waals surface area contributed by atoms with Gasteiger partial charge in [0.15, 0.2) is 0 Å². The maximum atomic E-state index is 9.14. The molecule has 0 spiro atoms. The van der Waals surface area contributed by atoms with Crippen LogP contribution in [0, 0.1) is 0 Å². The van der Waals surface area contributed by atoms with Crippen LogP contribution in [0.3, 0.4) is 0 Å². The quantitative estimate of drug-likeness (QED) is 0.604. The van der Waals surface area contributed by atoms with E-state index in [4.69, 9.17) is 9.84 Å². The van der Waals surface area contributed by atoms with Crippen LogP contribution in [-0.2, 0) is 18.1 Å². The van der Waals surface area contributed by atoms with Crippen LogP contribution in [-0.4, -0.2) is 29.6 Å². The summed E-state index contributed by atoms with van der Waals surface area (Å²) in [6.45, 7) is 8.08. The molecule has 0 atom stereocenters. The van der Waals surface area contributed by atoms with Crippen molar-refractivity contribution in [2.45, 2.75) is 39.0 Å². The number of halogens is 2. The first kappa shape index (κ1) is 15.4. The summed E-state index contributed by atoms with van der Waals surface area (Å²) < 4.78 is 8.70. The zero-order chi connectivity index (χ0) is 13.1. The van der Waals surface area contributed by atoms with Crippen LogP contribution >= 0.6 is 31.9 Å². The minimum absolute atomic E-state index is 0.0456. The van der Waals surface area contributed by atoms with Crippen molar-refractivity contribution in [1.82, 2.24) is 9.78 Å². The van der Waals surface area contributed by atoms with Gasteiger partial charge >= 0.3 is 0 Å². The van der Waals surface area contributed by atoms with Gasteiger partial charge in [0.1, 0.15) is 15.9 Å². The molecular formula is C10H18Br2N2O2Si. The lowest BCUT2D eigenvalue weighted by atomic mass is 10.4. The fraction of sp³-hybridized carbons (Fsp3) is 0.700. The van der Waals surface area contributed by atoms with Gasteiger partial charge in [-0.15, -0.1) is 0 Å². The summed E-state index contributed by atoms with van der Waals surface area (Å²) in [7, 11) is -1.04. The highest BCUT2D eigenvalue weighted by atomic mass is 79.9. The molecule has 98 valence electrons. The number of aliphatic hydroxyl groups excluding tert-OH is 1. The van der Waals surface area contributed by atoms with Crippen molar-refractivity contribution in [1.29, 1.82) is 0 Å². The second kappa shape index (κ2) is 6.47. The van der Waals surface area contributed by atoms with Crippen molar-refractivity contribution >= 4 is 39.9 Å². The third-order valence-electron chi connectivity index (χ3n) is 2.30. The van der Waals surface area contributed by atoms with E-state index in [0.29, 0.717) is 11.3 Å². The predicted molar refractivity (Wildman–Crippen MR) is 77.7 cm³/mol. The maximum Gasteiger partial charge on any atom is 0.140 e. The average Bonchev–Trinajstić information content (AvgIpc) is 2.47. The van der Waals surface area contributed by atoms with E-state index in [9.17, 15) is 0 Å². The standard InChI is InChI=1S/C10H18Br2N2O2Si/c1-17(2,3)5-4-16-7-14-10(12)8(6-15)9(11)13-14/h15H,4-7H2,1-3H3. The van der Waals surface area contributed by atoms with Crippen LogP contribution in [0.1, 0.15) is 5.56 Å². The largest absolute Gasteiger partial charge is 0.391 e. The number of aromatic nitrogens is 2. The van der Waals surface area contributed by atoms with Crippen molar-refractivity contribution in [2.24, 2.45) is 0 Å². The van der Waals surface area contributed by atoms with E-state index in [0.717, 1.165) is 22.8 Å². The van der Waals surface area contributed by atoms with Gasteiger partial charge in [0.05, 0.1) is 6.61 Å². The van der Waals surface area contributed by atoms with E-state index in [1.54, 1.807) is 4.68 Å². The second-order valence-corrected chi connectivity index (χ2v) is 12.2. The van der Waals surface area contributed by atoms with Gasteiger partial charge in [-0.25, -0.2) is 4.68 Å². The Kier molecular flexibility index (Phi) is 5.84. The van der Waals surface area contributed by atoms with Crippen molar-refractivity contribution in [3.8, 4) is 0 Å². The first-order valence-corrected chi connectivity index (χ1v) is 10.7. The summed E-state index contributed by atoms with van der Waals surface area (Å²) in [6.07, 6.45) is 0. The molecule has 0 aliphatic carbocycles. The van der Waals surface area contributed by atoms with Crippen LogP contribution in [0.25, 0.3) is 0 Å². The van der Waals surface area contributed by atoms with Gasteiger partial charge in [0, 0.05) is 20.2 Å². The van der Waals surface area contributed by atoms with E-state index in [2.05, 4.69) is 56.6 Å². The molecule has 0 unspecified atom stereocenters. The minimum atomic E-state index is -1.04. The molecule has 17 heavy (non-hydrogen) atoms. The molecule has 1 aromatic rings. The van der Waals surface area contributed by atoms with Gasteiger partial charge in [-0.05, 0) is 37.9 Å². The lowest BCUT2D eigenvalue weighted by molar-refractivity contribution is 0.0766. The number of nitrogens with zero attached hydrogens (tertiary/aromatic N) is 2. The van der Waals surface area contributed by atoms with Gasteiger partial charge in [0.25, 0.3) is 0 Å². The normalized spacial score (nSPS) is 12.1. The van der Waals surface area contributed by atoms with E-state index >= 15 is 0 Å². The topological polar surface area (TPSA) is 47.3 Å². The van der Waals surface area contributed by atoms with Crippen LogP contribution in [0.4, 0.5) is 0 Å². The minimum Gasteiger partial charge on any atom is -0.391 e. The molecule has 0 aliphatic heterocycles. The highest BCUT2D eigenvalue weighted by molar-refractivity contribution is 9.11. The fourth-order valence-corrected chi connectivity index (χ4v) is 3.22. The molecule has 0 amide bonds. The Morgan fingerprint density at radius 3 is 2.47 bits per heavy atom. The Labute approximate surface area is 120 Å². The number of hydrogen-bond acceptors (Lipinski definition) is 3. The SMILES string of the molecule is C[Si](C)(C)CCOCn1nc(Br)c(CO)c1Br. The first-order chi connectivity index (χ1) is 7.85.